The molecule has 0 saturated heterocycles. The third-order valence-electron chi connectivity index (χ3n) is 2.80. The third-order valence-corrected chi connectivity index (χ3v) is 3.30. The minimum Gasteiger partial charge on any atom is -0.492 e. The monoisotopic (exact) mass is 301 g/mol. The smallest absolute Gasteiger partial charge is 0.141 e. The quantitative estimate of drug-likeness (QED) is 0.533. The molecule has 0 aliphatic heterocycles. The van der Waals surface area contributed by atoms with Crippen molar-refractivity contribution in [3.63, 3.8) is 0 Å². The molecule has 4 heteroatoms. The van der Waals surface area contributed by atoms with Gasteiger partial charge in [0.15, 0.2) is 0 Å². The van der Waals surface area contributed by atoms with Gasteiger partial charge in [0.2, 0.25) is 0 Å². The summed E-state index contributed by atoms with van der Waals surface area (Å²) in [5, 5.41) is 1.17. The van der Waals surface area contributed by atoms with Gasteiger partial charge in [0.1, 0.15) is 5.75 Å². The van der Waals surface area contributed by atoms with E-state index < -0.39 is 0 Å². The van der Waals surface area contributed by atoms with Gasteiger partial charge in [0.05, 0.1) is 11.6 Å². The number of ether oxygens (including phenoxy) is 1. The average molecular weight is 302 g/mol. The predicted molar refractivity (Wildman–Crippen MR) is 83.4 cm³/mol. The van der Waals surface area contributed by atoms with E-state index in [1.807, 2.05) is 12.1 Å². The van der Waals surface area contributed by atoms with Gasteiger partial charge < -0.3 is 10.5 Å². The fourth-order valence-electron chi connectivity index (χ4n) is 1.86. The molecule has 0 radical (unpaired) electrons. The topological polar surface area (TPSA) is 35.2 Å². The van der Waals surface area contributed by atoms with Gasteiger partial charge in [0.25, 0.3) is 0 Å². The van der Waals surface area contributed by atoms with E-state index in [4.69, 9.17) is 33.7 Å². The fraction of sp³-hybridized carbons (Fsp3) is 0.467. The highest BCUT2D eigenvalue weighted by molar-refractivity contribution is 6.35. The number of hydrogen-bond donors (Lipinski definition) is 1. The molecule has 0 aliphatic carbocycles. The van der Waals surface area contributed by atoms with Crippen LogP contribution in [-0.2, 0) is 6.42 Å². The number of benzene rings is 1. The maximum absolute atomic E-state index is 6.17. The predicted octanol–water partition coefficient (Wildman–Crippen LogP) is 4.62. The average Bonchev–Trinajstić information content (AvgIpc) is 2.36. The maximum atomic E-state index is 6.17. The number of allylic oxidation sites excluding steroid dienone is 1. The minimum absolute atomic E-state index is 0.548. The Morgan fingerprint density at radius 3 is 2.68 bits per heavy atom. The standard InChI is InChI=1S/C15H21Cl2NO/c1-2-3-4-5-6-9-19-15-12(7-8-18)10-13(16)11-14(15)17/h2,10-11H,1,3-9,18H2. The first-order chi connectivity index (χ1) is 9.19. The number of rotatable bonds is 9. The second kappa shape index (κ2) is 9.24. The Kier molecular flexibility index (Phi) is 7.96. The van der Waals surface area contributed by atoms with Crippen LogP contribution in [0, 0.1) is 0 Å². The minimum atomic E-state index is 0.548. The highest BCUT2D eigenvalue weighted by atomic mass is 35.5. The second-order valence-electron chi connectivity index (χ2n) is 4.40. The molecule has 0 bridgehead atoms. The molecule has 1 aromatic rings. The van der Waals surface area contributed by atoms with Crippen LogP contribution >= 0.6 is 23.2 Å². The molecule has 0 amide bonds. The van der Waals surface area contributed by atoms with Gasteiger partial charge in [-0.1, -0.05) is 29.3 Å². The summed E-state index contributed by atoms with van der Waals surface area (Å²) in [6, 6.07) is 3.57. The molecule has 106 valence electrons. The van der Waals surface area contributed by atoms with Crippen molar-refractivity contribution in [1.82, 2.24) is 0 Å². The van der Waals surface area contributed by atoms with Gasteiger partial charge in [-0.15, -0.1) is 6.58 Å². The van der Waals surface area contributed by atoms with E-state index in [0.29, 0.717) is 29.6 Å². The van der Waals surface area contributed by atoms with Gasteiger partial charge in [-0.2, -0.15) is 0 Å². The summed E-state index contributed by atoms with van der Waals surface area (Å²) >= 11 is 12.2. The van der Waals surface area contributed by atoms with E-state index in [1.54, 1.807) is 6.07 Å². The molecule has 0 aliphatic rings. The van der Waals surface area contributed by atoms with E-state index in [-0.39, 0.29) is 0 Å². The summed E-state index contributed by atoms with van der Waals surface area (Å²) in [6.07, 6.45) is 7.00. The van der Waals surface area contributed by atoms with Gasteiger partial charge in [0, 0.05) is 5.02 Å². The molecule has 1 aromatic carbocycles. The summed E-state index contributed by atoms with van der Waals surface area (Å²) < 4.78 is 5.78. The third kappa shape index (κ3) is 5.85. The van der Waals surface area contributed by atoms with Gasteiger partial charge in [-0.25, -0.2) is 0 Å². The van der Waals surface area contributed by atoms with Crippen molar-refractivity contribution in [2.75, 3.05) is 13.2 Å². The van der Waals surface area contributed by atoms with E-state index in [2.05, 4.69) is 6.58 Å². The second-order valence-corrected chi connectivity index (χ2v) is 5.24. The van der Waals surface area contributed by atoms with Crippen molar-refractivity contribution in [2.24, 2.45) is 5.73 Å². The number of nitrogens with two attached hydrogens (primary N) is 1. The fourth-order valence-corrected chi connectivity index (χ4v) is 2.45. The highest BCUT2D eigenvalue weighted by Gasteiger charge is 2.10. The van der Waals surface area contributed by atoms with Crippen LogP contribution in [0.5, 0.6) is 5.75 Å². The first-order valence-corrected chi connectivity index (χ1v) is 7.36. The molecule has 1 rings (SSSR count). The molecular formula is C15H21Cl2NO. The van der Waals surface area contributed by atoms with Gasteiger partial charge in [-0.3, -0.25) is 0 Å². The summed E-state index contributed by atoms with van der Waals surface area (Å²) in [5.74, 6) is 0.722. The lowest BCUT2D eigenvalue weighted by atomic mass is 10.1. The molecule has 0 saturated carbocycles. The number of unbranched alkanes of at least 4 members (excludes halogenated alkanes) is 3. The van der Waals surface area contributed by atoms with Crippen molar-refractivity contribution < 1.29 is 4.74 Å². The van der Waals surface area contributed by atoms with Crippen molar-refractivity contribution in [3.8, 4) is 5.75 Å². The summed E-state index contributed by atoms with van der Waals surface area (Å²) in [4.78, 5) is 0. The summed E-state index contributed by atoms with van der Waals surface area (Å²) in [6.45, 7) is 4.92. The highest BCUT2D eigenvalue weighted by Crippen LogP contribution is 2.32. The normalized spacial score (nSPS) is 10.5. The van der Waals surface area contributed by atoms with Crippen LogP contribution in [0.15, 0.2) is 24.8 Å². The van der Waals surface area contributed by atoms with Crippen molar-refractivity contribution >= 4 is 23.2 Å². The lowest BCUT2D eigenvalue weighted by Gasteiger charge is -2.13. The van der Waals surface area contributed by atoms with Crippen LogP contribution in [0.25, 0.3) is 0 Å². The summed E-state index contributed by atoms with van der Waals surface area (Å²) in [5.41, 5.74) is 6.57. The molecular weight excluding hydrogens is 281 g/mol. The Morgan fingerprint density at radius 2 is 2.00 bits per heavy atom. The Balaban J connectivity index is 2.53. The summed E-state index contributed by atoms with van der Waals surface area (Å²) in [7, 11) is 0. The van der Waals surface area contributed by atoms with E-state index >= 15 is 0 Å². The molecule has 0 atom stereocenters. The Bertz CT molecular complexity index is 407. The number of hydrogen-bond acceptors (Lipinski definition) is 2. The molecule has 0 aromatic heterocycles. The molecule has 0 fully saturated rings. The van der Waals surface area contributed by atoms with Crippen molar-refractivity contribution in [1.29, 1.82) is 0 Å². The molecule has 2 N–H and O–H groups in total. The zero-order chi connectivity index (χ0) is 14.1. The van der Waals surface area contributed by atoms with Crippen molar-refractivity contribution in [2.45, 2.75) is 32.1 Å². The van der Waals surface area contributed by atoms with Crippen LogP contribution in [0.3, 0.4) is 0 Å². The van der Waals surface area contributed by atoms with Gasteiger partial charge in [-0.05, 0) is 56.3 Å². The Hall–Kier alpha value is -0.700. The van der Waals surface area contributed by atoms with Crippen molar-refractivity contribution in [3.05, 3.63) is 40.4 Å². The van der Waals surface area contributed by atoms with Crippen LogP contribution in [0.4, 0.5) is 0 Å². The van der Waals surface area contributed by atoms with Crippen LogP contribution in [-0.4, -0.2) is 13.2 Å². The molecule has 0 spiro atoms. The molecule has 2 nitrogen and oxygen atoms in total. The largest absolute Gasteiger partial charge is 0.492 e. The molecule has 19 heavy (non-hydrogen) atoms. The SMILES string of the molecule is C=CCCCCCOc1c(Cl)cc(Cl)cc1CCN. The lowest BCUT2D eigenvalue weighted by molar-refractivity contribution is 0.303. The Labute approximate surface area is 125 Å². The van der Waals surface area contributed by atoms with E-state index in [9.17, 15) is 0 Å². The van der Waals surface area contributed by atoms with E-state index in [0.717, 1.165) is 37.0 Å². The Morgan fingerprint density at radius 1 is 1.21 bits per heavy atom. The van der Waals surface area contributed by atoms with Crippen LogP contribution < -0.4 is 10.5 Å². The number of halogens is 2. The van der Waals surface area contributed by atoms with Crippen LogP contribution in [0.1, 0.15) is 31.2 Å². The first-order valence-electron chi connectivity index (χ1n) is 6.60. The lowest BCUT2D eigenvalue weighted by Crippen LogP contribution is -2.06. The zero-order valence-corrected chi connectivity index (χ0v) is 12.6. The van der Waals surface area contributed by atoms with Gasteiger partial charge >= 0.3 is 0 Å². The zero-order valence-electron chi connectivity index (χ0n) is 11.1. The van der Waals surface area contributed by atoms with E-state index in [1.165, 1.54) is 0 Å². The van der Waals surface area contributed by atoms with Crippen LogP contribution in [0.2, 0.25) is 10.0 Å². The molecule has 0 heterocycles. The first kappa shape index (κ1) is 16.4. The molecule has 0 unspecified atom stereocenters. The maximum Gasteiger partial charge on any atom is 0.141 e.